The molecule has 1 aromatic heterocycles. The van der Waals surface area contributed by atoms with Gasteiger partial charge in [0.2, 0.25) is 0 Å². The van der Waals surface area contributed by atoms with Crippen molar-refractivity contribution in [3.8, 4) is 0 Å². The number of carbonyl (C=O) groups is 1. The Balaban J connectivity index is 2.07. The summed E-state index contributed by atoms with van der Waals surface area (Å²) in [6.45, 7) is 11.5. The van der Waals surface area contributed by atoms with Crippen LogP contribution in [0.1, 0.15) is 36.9 Å². The molecular weight excluding hydrogens is 344 g/mol. The second kappa shape index (κ2) is 6.56. The topological polar surface area (TPSA) is 48.7 Å². The highest BCUT2D eigenvalue weighted by molar-refractivity contribution is 6.74. The predicted molar refractivity (Wildman–Crippen MR) is 107 cm³/mol. The molecule has 2 aromatic carbocycles. The molecule has 0 aliphatic heterocycles. The normalized spacial score (nSPS) is 12.7. The molecule has 0 bridgehead atoms. The molecule has 138 valence electrons. The van der Waals surface area contributed by atoms with Crippen molar-refractivity contribution in [2.45, 2.75) is 45.5 Å². The van der Waals surface area contributed by atoms with E-state index in [1.165, 1.54) is 7.11 Å². The maximum absolute atomic E-state index is 12.2. The minimum atomic E-state index is -1.88. The molecule has 0 saturated heterocycles. The molecule has 0 N–H and O–H groups in total. The fourth-order valence-corrected chi connectivity index (χ4v) is 3.66. The largest absolute Gasteiger partial charge is 0.465 e. The van der Waals surface area contributed by atoms with Gasteiger partial charge in [0.15, 0.2) is 8.32 Å². The van der Waals surface area contributed by atoms with Crippen molar-refractivity contribution in [1.29, 1.82) is 0 Å². The summed E-state index contributed by atoms with van der Waals surface area (Å²) in [6, 6.07) is 11.6. The van der Waals surface area contributed by atoms with Gasteiger partial charge in [0.1, 0.15) is 11.3 Å². The van der Waals surface area contributed by atoms with E-state index in [0.717, 1.165) is 21.9 Å². The molecule has 5 heteroatoms. The second-order valence-corrected chi connectivity index (χ2v) is 13.0. The van der Waals surface area contributed by atoms with Crippen LogP contribution in [0.5, 0.6) is 0 Å². The van der Waals surface area contributed by atoms with E-state index in [1.54, 1.807) is 0 Å². The van der Waals surface area contributed by atoms with Crippen LogP contribution >= 0.6 is 0 Å². The molecule has 0 fully saturated rings. The molecule has 0 unspecified atom stereocenters. The van der Waals surface area contributed by atoms with Crippen LogP contribution in [0, 0.1) is 0 Å². The van der Waals surface area contributed by atoms with Crippen LogP contribution in [0.3, 0.4) is 0 Å². The van der Waals surface area contributed by atoms with Crippen LogP contribution in [0.25, 0.3) is 21.7 Å². The van der Waals surface area contributed by atoms with Crippen molar-refractivity contribution < 1.29 is 18.4 Å². The zero-order valence-electron chi connectivity index (χ0n) is 16.3. The number of ether oxygens (including phenoxy) is 1. The van der Waals surface area contributed by atoms with E-state index in [0.29, 0.717) is 17.8 Å². The number of methoxy groups -OCH3 is 1. The van der Waals surface area contributed by atoms with Gasteiger partial charge < -0.3 is 13.6 Å². The molecule has 0 saturated carbocycles. The number of hydrogen-bond donors (Lipinski definition) is 0. The number of carbonyl (C=O) groups excluding carboxylic acids is 1. The van der Waals surface area contributed by atoms with Crippen molar-refractivity contribution >= 4 is 36.0 Å². The number of hydrogen-bond acceptors (Lipinski definition) is 4. The summed E-state index contributed by atoms with van der Waals surface area (Å²) in [4.78, 5) is 12.2. The lowest BCUT2D eigenvalue weighted by Crippen LogP contribution is -2.40. The highest BCUT2D eigenvalue weighted by Crippen LogP contribution is 2.38. The molecule has 3 aromatic rings. The molecule has 0 aliphatic rings. The molecule has 0 radical (unpaired) electrons. The number of furan rings is 1. The van der Waals surface area contributed by atoms with Gasteiger partial charge in [0.25, 0.3) is 0 Å². The Labute approximate surface area is 155 Å². The highest BCUT2D eigenvalue weighted by Gasteiger charge is 2.37. The van der Waals surface area contributed by atoms with Crippen molar-refractivity contribution in [2.24, 2.45) is 0 Å². The predicted octanol–water partition coefficient (Wildman–Crippen LogP) is 5.89. The van der Waals surface area contributed by atoms with Gasteiger partial charge in [-0.2, -0.15) is 0 Å². The van der Waals surface area contributed by atoms with E-state index >= 15 is 0 Å². The molecule has 0 aliphatic carbocycles. The Morgan fingerprint density at radius 2 is 1.81 bits per heavy atom. The zero-order chi connectivity index (χ0) is 19.1. The van der Waals surface area contributed by atoms with E-state index in [4.69, 9.17) is 13.6 Å². The Bertz CT molecular complexity index is 963. The Hall–Kier alpha value is -2.11. The van der Waals surface area contributed by atoms with Gasteiger partial charge in [-0.15, -0.1) is 0 Å². The third kappa shape index (κ3) is 3.29. The minimum Gasteiger partial charge on any atom is -0.465 e. The fraction of sp³-hybridized carbons (Fsp3) is 0.381. The number of esters is 1. The number of fused-ring (bicyclic) bond motifs is 3. The molecule has 26 heavy (non-hydrogen) atoms. The lowest BCUT2D eigenvalue weighted by molar-refractivity contribution is 0.0603. The summed E-state index contributed by atoms with van der Waals surface area (Å²) in [7, 11) is -0.490. The lowest BCUT2D eigenvalue weighted by atomic mass is 10.0. The molecule has 0 atom stereocenters. The van der Waals surface area contributed by atoms with Crippen molar-refractivity contribution in [2.75, 3.05) is 7.11 Å². The number of benzene rings is 2. The molecule has 0 spiro atoms. The average molecular weight is 371 g/mol. The van der Waals surface area contributed by atoms with Gasteiger partial charge in [-0.25, -0.2) is 4.79 Å². The van der Waals surface area contributed by atoms with Crippen LogP contribution < -0.4 is 0 Å². The molecule has 1 heterocycles. The SMILES string of the molecule is COC(=O)c1cc2ccccc2c2oc(CO[Si](C)(C)C(C)(C)C)cc12. The maximum Gasteiger partial charge on any atom is 0.338 e. The summed E-state index contributed by atoms with van der Waals surface area (Å²) < 4.78 is 17.3. The minimum absolute atomic E-state index is 0.128. The zero-order valence-corrected chi connectivity index (χ0v) is 17.3. The summed E-state index contributed by atoms with van der Waals surface area (Å²) in [6.07, 6.45) is 0. The van der Waals surface area contributed by atoms with E-state index in [1.807, 2.05) is 36.4 Å². The van der Waals surface area contributed by atoms with E-state index in [9.17, 15) is 4.79 Å². The van der Waals surface area contributed by atoms with Gasteiger partial charge in [0, 0.05) is 10.8 Å². The van der Waals surface area contributed by atoms with Crippen LogP contribution in [0.2, 0.25) is 18.1 Å². The van der Waals surface area contributed by atoms with Gasteiger partial charge >= 0.3 is 5.97 Å². The quantitative estimate of drug-likeness (QED) is 0.424. The average Bonchev–Trinajstić information content (AvgIpc) is 3.02. The summed E-state index contributed by atoms with van der Waals surface area (Å²) in [5, 5.41) is 2.83. The summed E-state index contributed by atoms with van der Waals surface area (Å²) in [5.74, 6) is 0.366. The summed E-state index contributed by atoms with van der Waals surface area (Å²) >= 11 is 0. The fourth-order valence-electron chi connectivity index (χ4n) is 2.72. The Morgan fingerprint density at radius 3 is 2.46 bits per heavy atom. The van der Waals surface area contributed by atoms with Crippen molar-refractivity contribution in [3.63, 3.8) is 0 Å². The monoisotopic (exact) mass is 370 g/mol. The van der Waals surface area contributed by atoms with Crippen molar-refractivity contribution in [1.82, 2.24) is 0 Å². The van der Waals surface area contributed by atoms with E-state index < -0.39 is 8.32 Å². The maximum atomic E-state index is 12.2. The first-order chi connectivity index (χ1) is 12.1. The molecule has 0 amide bonds. The molecule has 4 nitrogen and oxygen atoms in total. The first-order valence-electron chi connectivity index (χ1n) is 8.80. The first-order valence-corrected chi connectivity index (χ1v) is 11.7. The first kappa shape index (κ1) is 18.7. The van der Waals surface area contributed by atoms with Crippen LogP contribution in [-0.2, 0) is 15.8 Å². The summed E-state index contributed by atoms with van der Waals surface area (Å²) in [5.41, 5.74) is 1.22. The molecule has 3 rings (SSSR count). The third-order valence-electron chi connectivity index (χ3n) is 5.37. The lowest BCUT2D eigenvalue weighted by Gasteiger charge is -2.35. The van der Waals surface area contributed by atoms with Gasteiger partial charge in [0.05, 0.1) is 19.3 Å². The van der Waals surface area contributed by atoms with Gasteiger partial charge in [-0.3, -0.25) is 0 Å². The second-order valence-electron chi connectivity index (χ2n) is 8.14. The standard InChI is InChI=1S/C21H26O4Si/c1-21(2,3)26(5,6)24-13-15-12-17-18(20(22)23-4)11-14-9-7-8-10-16(14)19(17)25-15/h7-12H,13H2,1-6H3. The van der Waals surface area contributed by atoms with Crippen molar-refractivity contribution in [3.05, 3.63) is 47.7 Å². The highest BCUT2D eigenvalue weighted by atomic mass is 28.4. The van der Waals surface area contributed by atoms with E-state index in [-0.39, 0.29) is 11.0 Å². The molecular formula is C21H26O4Si. The Morgan fingerprint density at radius 1 is 1.12 bits per heavy atom. The number of rotatable bonds is 4. The van der Waals surface area contributed by atoms with Gasteiger partial charge in [-0.1, -0.05) is 45.0 Å². The Kier molecular flexibility index (Phi) is 4.71. The van der Waals surface area contributed by atoms with Crippen LogP contribution in [0.15, 0.2) is 40.8 Å². The van der Waals surface area contributed by atoms with Crippen LogP contribution in [-0.4, -0.2) is 21.4 Å². The smallest absolute Gasteiger partial charge is 0.338 e. The van der Waals surface area contributed by atoms with E-state index in [2.05, 4.69) is 33.9 Å². The van der Waals surface area contributed by atoms with Crippen LogP contribution in [0.4, 0.5) is 0 Å². The van der Waals surface area contributed by atoms with Gasteiger partial charge in [-0.05, 0) is 35.7 Å². The third-order valence-corrected chi connectivity index (χ3v) is 9.84.